The highest BCUT2D eigenvalue weighted by molar-refractivity contribution is 5.97. The van der Waals surface area contributed by atoms with Crippen molar-refractivity contribution in [2.24, 2.45) is 11.8 Å². The van der Waals surface area contributed by atoms with Crippen LogP contribution >= 0.6 is 0 Å². The molecule has 0 aromatic rings. The average Bonchev–Trinajstić information content (AvgIpc) is 2.93. The number of hydrogen-bond donors (Lipinski definition) is 2. The summed E-state index contributed by atoms with van der Waals surface area (Å²) in [6.45, 7) is 5.64. The molecule has 3 atom stereocenters. The zero-order chi connectivity index (χ0) is 15.8. The van der Waals surface area contributed by atoms with E-state index in [1.807, 2.05) is 0 Å². The van der Waals surface area contributed by atoms with Crippen LogP contribution in [-0.4, -0.2) is 52.8 Å². The molecule has 7 heteroatoms. The molecule has 1 saturated carbocycles. The number of nitrogens with zero attached hydrogens (tertiary/aromatic N) is 2. The van der Waals surface area contributed by atoms with Gasteiger partial charge in [-0.1, -0.05) is 6.08 Å². The summed E-state index contributed by atoms with van der Waals surface area (Å²) in [7, 11) is 1.45. The molecule has 21 heavy (non-hydrogen) atoms. The quantitative estimate of drug-likeness (QED) is 0.331. The van der Waals surface area contributed by atoms with Crippen molar-refractivity contribution in [2.45, 2.75) is 37.8 Å². The van der Waals surface area contributed by atoms with Gasteiger partial charge >= 0.3 is 6.03 Å². The molecule has 2 fully saturated rings. The number of rotatable bonds is 4. The normalized spacial score (nSPS) is 30.7. The van der Waals surface area contributed by atoms with Crippen molar-refractivity contribution in [1.82, 2.24) is 15.2 Å². The van der Waals surface area contributed by atoms with Gasteiger partial charge in [0.2, 0.25) is 5.91 Å². The average molecular weight is 294 g/mol. The molecule has 0 bridgehead atoms. The van der Waals surface area contributed by atoms with Gasteiger partial charge in [-0.2, -0.15) is 0 Å². The van der Waals surface area contributed by atoms with Crippen molar-refractivity contribution in [3.05, 3.63) is 12.7 Å². The first-order valence-electron chi connectivity index (χ1n) is 7.08. The van der Waals surface area contributed by atoms with E-state index in [1.54, 1.807) is 6.08 Å². The Morgan fingerprint density at radius 1 is 1.48 bits per heavy atom. The van der Waals surface area contributed by atoms with E-state index in [9.17, 15) is 14.4 Å². The van der Waals surface area contributed by atoms with Gasteiger partial charge in [0, 0.05) is 19.5 Å². The molecule has 3 unspecified atom stereocenters. The Morgan fingerprint density at radius 3 is 2.62 bits per heavy atom. The van der Waals surface area contributed by atoms with E-state index < -0.39 is 11.6 Å². The lowest BCUT2D eigenvalue weighted by Crippen LogP contribution is -2.55. The van der Waals surface area contributed by atoms with Crippen molar-refractivity contribution in [3.63, 3.8) is 0 Å². The van der Waals surface area contributed by atoms with Gasteiger partial charge in [-0.3, -0.25) is 14.6 Å². The smallest absolute Gasteiger partial charge is 0.334 e. The Bertz CT molecular complexity index is 491. The van der Waals surface area contributed by atoms with E-state index in [-0.39, 0.29) is 23.6 Å². The Hall–Kier alpha value is -1.89. The summed E-state index contributed by atoms with van der Waals surface area (Å²) in [5.74, 6) is 5.06. The van der Waals surface area contributed by atoms with Gasteiger partial charge in [-0.05, 0) is 26.2 Å². The topological polar surface area (TPSA) is 95.7 Å². The molecule has 1 aliphatic carbocycles. The standard InChI is InChI=1S/C14H22N4O3/c1-4-10-8-14(10,9(2)19)16-12(20)11-6-5-7-18(11)13(21)17(3)15/h4,10-11H,1,5-8,15H2,2-3H3,(H,16,20). The van der Waals surface area contributed by atoms with Gasteiger partial charge in [0.15, 0.2) is 5.78 Å². The van der Waals surface area contributed by atoms with Crippen LogP contribution in [0.3, 0.4) is 0 Å². The van der Waals surface area contributed by atoms with Gasteiger partial charge in [-0.25, -0.2) is 10.6 Å². The molecule has 2 aliphatic rings. The van der Waals surface area contributed by atoms with Crippen LogP contribution < -0.4 is 11.2 Å². The predicted octanol–water partition coefficient (Wildman–Crippen LogP) is 0.0262. The van der Waals surface area contributed by atoms with Gasteiger partial charge < -0.3 is 10.2 Å². The SMILES string of the molecule is C=CC1CC1(NC(=O)C1CCCN1C(=O)N(C)N)C(C)=O. The molecular weight excluding hydrogens is 272 g/mol. The van der Waals surface area contributed by atoms with Crippen molar-refractivity contribution in [2.75, 3.05) is 13.6 Å². The summed E-state index contributed by atoms with van der Waals surface area (Å²) < 4.78 is 0. The summed E-state index contributed by atoms with van der Waals surface area (Å²) in [6.07, 6.45) is 3.59. The second-order valence-electron chi connectivity index (χ2n) is 5.81. The number of carbonyl (C=O) groups is 3. The maximum Gasteiger partial charge on any atom is 0.334 e. The fourth-order valence-electron chi connectivity index (χ4n) is 2.98. The molecular formula is C14H22N4O3. The number of urea groups is 1. The lowest BCUT2D eigenvalue weighted by Gasteiger charge is -2.28. The highest BCUT2D eigenvalue weighted by Gasteiger charge is 2.58. The van der Waals surface area contributed by atoms with Gasteiger partial charge in [0.05, 0.1) is 0 Å². The van der Waals surface area contributed by atoms with Crippen molar-refractivity contribution >= 4 is 17.7 Å². The lowest BCUT2D eigenvalue weighted by molar-refractivity contribution is -0.130. The molecule has 0 radical (unpaired) electrons. The molecule has 1 heterocycles. The highest BCUT2D eigenvalue weighted by atomic mass is 16.2. The van der Waals surface area contributed by atoms with E-state index >= 15 is 0 Å². The minimum Gasteiger partial charge on any atom is -0.341 e. The second-order valence-corrected chi connectivity index (χ2v) is 5.81. The number of nitrogens with two attached hydrogens (primary N) is 1. The van der Waals surface area contributed by atoms with Crippen LogP contribution in [0.1, 0.15) is 26.2 Å². The van der Waals surface area contributed by atoms with Crippen LogP contribution in [0, 0.1) is 5.92 Å². The number of hydrogen-bond acceptors (Lipinski definition) is 4. The molecule has 1 aliphatic heterocycles. The number of hydrazine groups is 1. The Kier molecular flexibility index (Phi) is 4.04. The first-order valence-corrected chi connectivity index (χ1v) is 7.08. The zero-order valence-electron chi connectivity index (χ0n) is 12.5. The highest BCUT2D eigenvalue weighted by Crippen LogP contribution is 2.45. The monoisotopic (exact) mass is 294 g/mol. The summed E-state index contributed by atoms with van der Waals surface area (Å²) in [4.78, 5) is 37.7. The summed E-state index contributed by atoms with van der Waals surface area (Å²) >= 11 is 0. The Balaban J connectivity index is 2.08. The second kappa shape index (κ2) is 5.48. The van der Waals surface area contributed by atoms with E-state index in [2.05, 4.69) is 11.9 Å². The van der Waals surface area contributed by atoms with Gasteiger partial charge in [-0.15, -0.1) is 6.58 Å². The fourth-order valence-corrected chi connectivity index (χ4v) is 2.98. The van der Waals surface area contributed by atoms with E-state index in [1.165, 1.54) is 18.9 Å². The molecule has 2 rings (SSSR count). The third-order valence-corrected chi connectivity index (χ3v) is 4.38. The molecule has 116 valence electrons. The van der Waals surface area contributed by atoms with Crippen LogP contribution in [0.4, 0.5) is 4.79 Å². The first-order chi connectivity index (χ1) is 9.83. The van der Waals surface area contributed by atoms with Crippen LogP contribution in [-0.2, 0) is 9.59 Å². The van der Waals surface area contributed by atoms with Crippen LogP contribution in [0.5, 0.6) is 0 Å². The number of Topliss-reactive ketones (excluding diaryl/α,β-unsaturated/α-hetero) is 1. The molecule has 1 saturated heterocycles. The minimum absolute atomic E-state index is 0.0262. The Morgan fingerprint density at radius 2 is 2.14 bits per heavy atom. The number of likely N-dealkylation sites (tertiary alicyclic amines) is 1. The maximum absolute atomic E-state index is 12.5. The van der Waals surface area contributed by atoms with Crippen molar-refractivity contribution in [1.29, 1.82) is 0 Å². The minimum atomic E-state index is -0.829. The molecule has 7 nitrogen and oxygen atoms in total. The van der Waals surface area contributed by atoms with Crippen LogP contribution in [0.2, 0.25) is 0 Å². The fraction of sp³-hybridized carbons (Fsp3) is 0.643. The van der Waals surface area contributed by atoms with Gasteiger partial charge in [0.1, 0.15) is 11.6 Å². The van der Waals surface area contributed by atoms with Crippen molar-refractivity contribution < 1.29 is 14.4 Å². The Labute approximate surface area is 124 Å². The van der Waals surface area contributed by atoms with E-state index in [0.29, 0.717) is 19.4 Å². The first kappa shape index (κ1) is 15.5. The summed E-state index contributed by atoms with van der Waals surface area (Å²) in [5.41, 5.74) is -0.829. The molecule has 3 N–H and O–H groups in total. The van der Waals surface area contributed by atoms with E-state index in [4.69, 9.17) is 5.84 Å². The summed E-state index contributed by atoms with van der Waals surface area (Å²) in [6, 6.07) is -0.952. The lowest BCUT2D eigenvalue weighted by atomic mass is 10.1. The zero-order valence-corrected chi connectivity index (χ0v) is 12.5. The number of amides is 3. The molecule has 0 aromatic carbocycles. The molecule has 3 amide bonds. The molecule has 0 aromatic heterocycles. The number of nitrogens with one attached hydrogen (secondary N) is 1. The predicted molar refractivity (Wildman–Crippen MR) is 76.9 cm³/mol. The number of carbonyl (C=O) groups excluding carboxylic acids is 3. The third-order valence-electron chi connectivity index (χ3n) is 4.38. The third kappa shape index (κ3) is 2.65. The largest absolute Gasteiger partial charge is 0.341 e. The molecule has 0 spiro atoms. The number of ketones is 1. The summed E-state index contributed by atoms with van der Waals surface area (Å²) in [5, 5.41) is 3.79. The van der Waals surface area contributed by atoms with Crippen LogP contribution in [0.15, 0.2) is 12.7 Å². The van der Waals surface area contributed by atoms with Gasteiger partial charge in [0.25, 0.3) is 0 Å². The van der Waals surface area contributed by atoms with Crippen LogP contribution in [0.25, 0.3) is 0 Å². The van der Waals surface area contributed by atoms with E-state index in [0.717, 1.165) is 11.4 Å². The van der Waals surface area contributed by atoms with Crippen molar-refractivity contribution in [3.8, 4) is 0 Å². The maximum atomic E-state index is 12.5.